The molecule has 2 aliphatic rings. The number of rotatable bonds is 14. The van der Waals surface area contributed by atoms with Gasteiger partial charge in [-0.25, -0.2) is 4.79 Å². The standard InChI is InChI=1S/C47H69N7O8/c1-29-20-31-18-19-32(22-33(31)25-53(29)42(59)39(45(2,3)4)50-37(56)24-48-11)34-23-36(41(58)49-35(28-55)21-30-16-14-13-15-17-30)54(26-34)43(60)40(46(5,6)7)51-38(57)27-52(12)44(61)62-47(8,9)10/h13-19,22,28-29,34-36,39-40,48H,20-21,23-27H2,1-12H3,(H,49,58)(H,50,56)(H,51,57)/t29?,34-,35-,36?,39?,40?/m0/s1. The summed E-state index contributed by atoms with van der Waals surface area (Å²) in [6.07, 6.45) is 1.11. The molecule has 0 aromatic heterocycles. The molecule has 6 atom stereocenters. The summed E-state index contributed by atoms with van der Waals surface area (Å²) in [5.74, 6) is -2.30. The molecule has 340 valence electrons. The van der Waals surface area contributed by atoms with Crippen molar-refractivity contribution in [3.63, 3.8) is 0 Å². The third kappa shape index (κ3) is 13.1. The van der Waals surface area contributed by atoms with Crippen LogP contribution in [0.5, 0.6) is 0 Å². The van der Waals surface area contributed by atoms with Crippen molar-refractivity contribution in [1.82, 2.24) is 36.0 Å². The number of likely N-dealkylation sites (N-methyl/N-ethyl adjacent to an activating group) is 2. The predicted molar refractivity (Wildman–Crippen MR) is 237 cm³/mol. The summed E-state index contributed by atoms with van der Waals surface area (Å²) < 4.78 is 5.40. The normalized spacial score (nSPS) is 19.3. The average molecular weight is 860 g/mol. The Bertz CT molecular complexity index is 1950. The van der Waals surface area contributed by atoms with Crippen LogP contribution in [0.4, 0.5) is 4.79 Å². The number of ether oxygens (including phenoxy) is 1. The second-order valence-corrected chi connectivity index (χ2v) is 20.0. The van der Waals surface area contributed by atoms with Gasteiger partial charge >= 0.3 is 6.09 Å². The lowest BCUT2D eigenvalue weighted by molar-refractivity contribution is -0.144. The van der Waals surface area contributed by atoms with E-state index in [1.54, 1.807) is 27.8 Å². The molecule has 0 aliphatic carbocycles. The maximum atomic E-state index is 14.8. The summed E-state index contributed by atoms with van der Waals surface area (Å²) >= 11 is 0. The van der Waals surface area contributed by atoms with E-state index in [0.29, 0.717) is 19.3 Å². The number of hydrogen-bond donors (Lipinski definition) is 4. The lowest BCUT2D eigenvalue weighted by Gasteiger charge is -2.40. The molecule has 2 aromatic rings. The van der Waals surface area contributed by atoms with Crippen molar-refractivity contribution in [3.8, 4) is 0 Å². The summed E-state index contributed by atoms with van der Waals surface area (Å²) in [4.78, 5) is 98.8. The van der Waals surface area contributed by atoms with Crippen LogP contribution in [0.25, 0.3) is 0 Å². The monoisotopic (exact) mass is 860 g/mol. The molecule has 0 bridgehead atoms. The number of carbonyl (C=O) groups is 7. The van der Waals surface area contributed by atoms with Gasteiger partial charge in [0.1, 0.15) is 36.6 Å². The molecule has 1 saturated heterocycles. The highest BCUT2D eigenvalue weighted by Crippen LogP contribution is 2.37. The van der Waals surface area contributed by atoms with E-state index in [-0.39, 0.29) is 56.3 Å². The van der Waals surface area contributed by atoms with E-state index in [9.17, 15) is 33.6 Å². The fourth-order valence-corrected chi connectivity index (χ4v) is 7.99. The Kier molecular flexibility index (Phi) is 16.1. The summed E-state index contributed by atoms with van der Waals surface area (Å²) in [5, 5.41) is 11.5. The maximum absolute atomic E-state index is 14.8. The Morgan fingerprint density at radius 3 is 1.98 bits per heavy atom. The van der Waals surface area contributed by atoms with Gasteiger partial charge in [0.2, 0.25) is 29.5 Å². The third-order valence-electron chi connectivity index (χ3n) is 11.3. The maximum Gasteiger partial charge on any atom is 0.410 e. The predicted octanol–water partition coefficient (Wildman–Crippen LogP) is 3.72. The van der Waals surface area contributed by atoms with E-state index in [2.05, 4.69) is 21.3 Å². The van der Waals surface area contributed by atoms with E-state index < -0.39 is 64.4 Å². The molecule has 15 nitrogen and oxygen atoms in total. The smallest absolute Gasteiger partial charge is 0.410 e. The third-order valence-corrected chi connectivity index (χ3v) is 11.3. The Labute approximate surface area is 367 Å². The minimum absolute atomic E-state index is 0.0820. The van der Waals surface area contributed by atoms with Gasteiger partial charge in [-0.3, -0.25) is 24.0 Å². The van der Waals surface area contributed by atoms with Gasteiger partial charge in [0.15, 0.2) is 0 Å². The van der Waals surface area contributed by atoms with Crippen molar-refractivity contribution in [1.29, 1.82) is 0 Å². The van der Waals surface area contributed by atoms with Crippen molar-refractivity contribution in [2.75, 3.05) is 33.7 Å². The van der Waals surface area contributed by atoms with Gasteiger partial charge in [-0.1, -0.05) is 90.1 Å². The van der Waals surface area contributed by atoms with Crippen LogP contribution >= 0.6 is 0 Å². The van der Waals surface area contributed by atoms with Crippen LogP contribution in [0.15, 0.2) is 48.5 Å². The molecule has 4 N–H and O–H groups in total. The Balaban J connectivity index is 1.65. The van der Waals surface area contributed by atoms with Crippen LogP contribution in [0, 0.1) is 10.8 Å². The number of aldehydes is 1. The summed E-state index contributed by atoms with van der Waals surface area (Å²) in [7, 11) is 3.11. The van der Waals surface area contributed by atoms with Crippen LogP contribution in [0.3, 0.4) is 0 Å². The first kappa shape index (κ1) is 49.3. The Morgan fingerprint density at radius 1 is 0.823 bits per heavy atom. The number of hydrogen-bond acceptors (Lipinski definition) is 9. The Hall–Kier alpha value is -5.31. The van der Waals surface area contributed by atoms with Crippen LogP contribution < -0.4 is 21.3 Å². The molecule has 0 radical (unpaired) electrons. The molecule has 2 heterocycles. The first-order chi connectivity index (χ1) is 28.8. The first-order valence-electron chi connectivity index (χ1n) is 21.5. The zero-order valence-electron chi connectivity index (χ0n) is 38.7. The highest BCUT2D eigenvalue weighted by Gasteiger charge is 2.46. The molecule has 4 unspecified atom stereocenters. The molecule has 2 aromatic carbocycles. The molecule has 0 spiro atoms. The largest absolute Gasteiger partial charge is 0.444 e. The lowest BCUT2D eigenvalue weighted by atomic mass is 9.84. The fourth-order valence-electron chi connectivity index (χ4n) is 7.99. The SMILES string of the molecule is CNCC(=O)NC(C(=O)N1Cc2cc([C@H]3CC(C(=O)N[C@H](C=O)Cc4ccccc4)N(C(=O)C(NC(=O)CN(C)C(=O)OC(C)(C)C)C(C)(C)C)C3)ccc2CC1C)C(C)(C)C. The second kappa shape index (κ2) is 20.3. The number of likely N-dealkylation sites (tertiary alicyclic amines) is 1. The van der Waals surface area contributed by atoms with Crippen molar-refractivity contribution >= 4 is 41.9 Å². The highest BCUT2D eigenvalue weighted by molar-refractivity contribution is 5.95. The number of nitrogens with zero attached hydrogens (tertiary/aromatic N) is 3. The fraction of sp³-hybridized carbons (Fsp3) is 0.596. The van der Waals surface area contributed by atoms with Gasteiger partial charge in [0.05, 0.1) is 12.6 Å². The van der Waals surface area contributed by atoms with Crippen molar-refractivity contribution in [3.05, 3.63) is 70.8 Å². The topological polar surface area (TPSA) is 187 Å². The van der Waals surface area contributed by atoms with Gasteiger partial charge in [-0.2, -0.15) is 0 Å². The molecule has 2 aliphatic heterocycles. The van der Waals surface area contributed by atoms with Gasteiger partial charge in [-0.15, -0.1) is 0 Å². The zero-order valence-corrected chi connectivity index (χ0v) is 38.7. The van der Waals surface area contributed by atoms with Crippen LogP contribution in [-0.2, 0) is 52.9 Å². The van der Waals surface area contributed by atoms with E-state index >= 15 is 0 Å². The molecule has 62 heavy (non-hydrogen) atoms. The van der Waals surface area contributed by atoms with Gasteiger partial charge in [-0.05, 0) is 87.1 Å². The van der Waals surface area contributed by atoms with E-state index in [4.69, 9.17) is 4.74 Å². The van der Waals surface area contributed by atoms with Crippen LogP contribution in [-0.4, -0.2) is 126 Å². The summed E-state index contributed by atoms with van der Waals surface area (Å²) in [5.41, 5.74) is 1.61. The zero-order chi connectivity index (χ0) is 46.3. The number of amides is 6. The molecular formula is C47H69N7O8. The van der Waals surface area contributed by atoms with E-state index in [0.717, 1.165) is 27.2 Å². The molecule has 15 heteroatoms. The molecule has 0 saturated carbocycles. The van der Waals surface area contributed by atoms with Crippen molar-refractivity contribution < 1.29 is 38.3 Å². The lowest BCUT2D eigenvalue weighted by Crippen LogP contribution is -2.59. The van der Waals surface area contributed by atoms with E-state index in [1.165, 1.54) is 11.9 Å². The molecule has 4 rings (SSSR count). The molecule has 1 fully saturated rings. The minimum atomic E-state index is -1.09. The summed E-state index contributed by atoms with van der Waals surface area (Å²) in [6, 6.07) is 11.6. The van der Waals surface area contributed by atoms with Crippen molar-refractivity contribution in [2.24, 2.45) is 10.8 Å². The van der Waals surface area contributed by atoms with Gasteiger partial charge < -0.3 is 45.5 Å². The Morgan fingerprint density at radius 2 is 1.42 bits per heavy atom. The number of nitrogens with one attached hydrogen (secondary N) is 4. The second-order valence-electron chi connectivity index (χ2n) is 20.0. The number of carbonyl (C=O) groups excluding carboxylic acids is 7. The quantitative estimate of drug-likeness (QED) is 0.206. The van der Waals surface area contributed by atoms with Gasteiger partial charge in [0, 0.05) is 32.1 Å². The average Bonchev–Trinajstić information content (AvgIpc) is 3.63. The molecule has 6 amide bonds. The van der Waals surface area contributed by atoms with Crippen LogP contribution in [0.1, 0.15) is 104 Å². The number of benzene rings is 2. The van der Waals surface area contributed by atoms with Crippen LogP contribution in [0.2, 0.25) is 0 Å². The molecular weight excluding hydrogens is 791 g/mol. The minimum Gasteiger partial charge on any atom is -0.444 e. The highest BCUT2D eigenvalue weighted by atomic mass is 16.6. The first-order valence-corrected chi connectivity index (χ1v) is 21.5. The number of fused-ring (bicyclic) bond motifs is 1. The summed E-state index contributed by atoms with van der Waals surface area (Å²) in [6.45, 7) is 18.5. The van der Waals surface area contributed by atoms with Crippen molar-refractivity contribution in [2.45, 2.75) is 137 Å². The van der Waals surface area contributed by atoms with Gasteiger partial charge in [0.25, 0.3) is 0 Å². The van der Waals surface area contributed by atoms with E-state index in [1.807, 2.05) is 102 Å².